The van der Waals surface area contributed by atoms with Crippen LogP contribution in [0.3, 0.4) is 0 Å². The normalized spacial score (nSPS) is 12.9. The molecule has 4 rings (SSSR count). The van der Waals surface area contributed by atoms with Gasteiger partial charge in [-0.1, -0.05) is 35.2 Å². The first-order valence-electron chi connectivity index (χ1n) is 11.0. The van der Waals surface area contributed by atoms with Gasteiger partial charge in [0.1, 0.15) is 18.1 Å². The van der Waals surface area contributed by atoms with Gasteiger partial charge >= 0.3 is 6.33 Å². The number of H-pyrrole nitrogens is 1. The number of aromatic amines is 1. The van der Waals surface area contributed by atoms with E-state index in [2.05, 4.69) is 21.4 Å². The van der Waals surface area contributed by atoms with E-state index in [1.165, 1.54) is 31.9 Å². The molecule has 2 heterocycles. The van der Waals surface area contributed by atoms with Crippen LogP contribution >= 0.6 is 19.0 Å². The van der Waals surface area contributed by atoms with Crippen molar-refractivity contribution in [2.75, 3.05) is 7.11 Å². The molecule has 0 saturated heterocycles. The van der Waals surface area contributed by atoms with Gasteiger partial charge in [0.2, 0.25) is 0 Å². The zero-order valence-corrected chi connectivity index (χ0v) is 21.5. The predicted molar refractivity (Wildman–Crippen MR) is 135 cm³/mol. The minimum atomic E-state index is -3.88. The van der Waals surface area contributed by atoms with Gasteiger partial charge in [0.25, 0.3) is 13.3 Å². The lowest BCUT2D eigenvalue weighted by atomic mass is 10.0. The molecule has 0 spiro atoms. The smallest absolute Gasteiger partial charge is 0.324 e. The molecule has 11 heteroatoms. The molecule has 184 valence electrons. The fraction of sp³-hybridized carbons (Fsp3) is 0.200. The fourth-order valence-electron chi connectivity index (χ4n) is 3.94. The number of hydrogen-bond acceptors (Lipinski definition) is 6. The van der Waals surface area contributed by atoms with Gasteiger partial charge in [-0.3, -0.25) is 9.36 Å². The zero-order chi connectivity index (χ0) is 26.0. The zero-order valence-electron chi connectivity index (χ0n) is 19.8. The Morgan fingerprint density at radius 1 is 1.33 bits per heavy atom. The maximum absolute atomic E-state index is 14.6. The summed E-state index contributed by atoms with van der Waals surface area (Å²) >= 11 is 6.27. The van der Waals surface area contributed by atoms with Crippen LogP contribution < -0.4 is 20.7 Å². The van der Waals surface area contributed by atoms with Gasteiger partial charge in [-0.2, -0.15) is 5.26 Å². The Morgan fingerprint density at radius 2 is 2.11 bits per heavy atom. The standard InChI is InChI=1S/C25H23ClN5O4P/c1-15(2)18-6-16(10-27)7-20(8-18)36(34,35-3)24-21-9-19(26)4-5-22(21)30-23(24)25(32)29-12-17-11-28-14-31(33)13-17/h4-9,11,13-15H,12H2,1-3H3,(H2-,29,30,32,33,34)/p+1. The van der Waals surface area contributed by atoms with Gasteiger partial charge in [-0.15, -0.1) is 0 Å². The molecule has 2 aromatic heterocycles. The van der Waals surface area contributed by atoms with Gasteiger partial charge < -0.3 is 20.0 Å². The van der Waals surface area contributed by atoms with Crippen molar-refractivity contribution in [3.05, 3.63) is 82.5 Å². The predicted octanol–water partition coefficient (Wildman–Crippen LogP) is 3.54. The van der Waals surface area contributed by atoms with Crippen LogP contribution in [-0.4, -0.2) is 28.2 Å². The van der Waals surface area contributed by atoms with Crippen LogP contribution in [0.25, 0.3) is 10.9 Å². The van der Waals surface area contributed by atoms with Crippen molar-refractivity contribution in [1.82, 2.24) is 15.3 Å². The third-order valence-corrected chi connectivity index (χ3v) is 8.50. The third kappa shape index (κ3) is 4.84. The summed E-state index contributed by atoms with van der Waals surface area (Å²) in [6.45, 7) is 4.00. The number of benzene rings is 2. The number of carbonyl (C=O) groups excluding carboxylic acids is 1. The van der Waals surface area contributed by atoms with Crippen molar-refractivity contribution >= 4 is 46.4 Å². The maximum Gasteiger partial charge on any atom is 0.324 e. The number of fused-ring (bicyclic) bond motifs is 1. The third-order valence-electron chi connectivity index (χ3n) is 5.76. The first-order chi connectivity index (χ1) is 17.2. The topological polar surface area (TPSA) is 132 Å². The number of amides is 1. The summed E-state index contributed by atoms with van der Waals surface area (Å²) in [4.78, 5) is 20.3. The molecule has 1 atom stereocenters. The van der Waals surface area contributed by atoms with Crippen LogP contribution in [0.1, 0.15) is 46.9 Å². The molecule has 1 amide bonds. The Balaban J connectivity index is 1.89. The SMILES string of the molecule is COP(=O)(c1cc(C#N)cc(C(C)C)c1)c1c(C(=O)NCc2cnc[n+](O)c2)[nH]c2ccc(Cl)cc12. The molecule has 0 aliphatic rings. The second kappa shape index (κ2) is 10.1. The monoisotopic (exact) mass is 524 g/mol. The molecule has 0 aliphatic heterocycles. The van der Waals surface area contributed by atoms with E-state index >= 15 is 0 Å². The van der Waals surface area contributed by atoms with Gasteiger partial charge in [-0.25, -0.2) is 0 Å². The Morgan fingerprint density at radius 3 is 2.78 bits per heavy atom. The van der Waals surface area contributed by atoms with Crippen LogP contribution in [-0.2, 0) is 15.6 Å². The molecule has 4 aromatic rings. The largest absolute Gasteiger partial charge is 0.350 e. The summed E-state index contributed by atoms with van der Waals surface area (Å²) < 4.78 is 21.1. The molecule has 9 nitrogen and oxygen atoms in total. The lowest BCUT2D eigenvalue weighted by Gasteiger charge is -2.20. The Hall–Kier alpha value is -3.70. The number of nitrogens with one attached hydrogen (secondary N) is 2. The fourth-order valence-corrected chi connectivity index (χ4v) is 6.35. The van der Waals surface area contributed by atoms with E-state index in [1.54, 1.807) is 30.3 Å². The summed E-state index contributed by atoms with van der Waals surface area (Å²) in [5.74, 6) is -0.472. The molecule has 0 radical (unpaired) electrons. The minimum Gasteiger partial charge on any atom is -0.350 e. The average molecular weight is 525 g/mol. The van der Waals surface area contributed by atoms with E-state index in [9.17, 15) is 19.8 Å². The summed E-state index contributed by atoms with van der Waals surface area (Å²) in [7, 11) is -2.57. The molecular formula is C25H24ClN5O4P+. The molecule has 0 bridgehead atoms. The van der Waals surface area contributed by atoms with Crippen LogP contribution in [0.15, 0.2) is 55.1 Å². The number of rotatable bonds is 7. The van der Waals surface area contributed by atoms with E-state index in [0.717, 1.165) is 10.3 Å². The van der Waals surface area contributed by atoms with E-state index in [-0.39, 0.29) is 23.5 Å². The van der Waals surface area contributed by atoms with Crippen molar-refractivity contribution in [3.63, 3.8) is 0 Å². The minimum absolute atomic E-state index is 0.0478. The number of hydrogen-bond donors (Lipinski definition) is 3. The molecule has 0 fully saturated rings. The summed E-state index contributed by atoms with van der Waals surface area (Å²) in [6.07, 6.45) is 4.11. The van der Waals surface area contributed by atoms with E-state index < -0.39 is 13.3 Å². The van der Waals surface area contributed by atoms with Crippen molar-refractivity contribution < 1.29 is 23.8 Å². The highest BCUT2D eigenvalue weighted by atomic mass is 35.5. The maximum atomic E-state index is 14.6. The van der Waals surface area contributed by atoms with Crippen molar-refractivity contribution in [2.45, 2.75) is 26.3 Å². The van der Waals surface area contributed by atoms with E-state index in [1.807, 2.05) is 13.8 Å². The van der Waals surface area contributed by atoms with Gasteiger partial charge in [0.05, 0.1) is 29.0 Å². The Bertz CT molecular complexity index is 1560. The van der Waals surface area contributed by atoms with E-state index in [0.29, 0.717) is 32.4 Å². The molecule has 2 aromatic carbocycles. The van der Waals surface area contributed by atoms with Crippen LogP contribution in [0.4, 0.5) is 0 Å². The molecule has 1 unspecified atom stereocenters. The van der Waals surface area contributed by atoms with Crippen LogP contribution in [0, 0.1) is 11.3 Å². The Labute approximate surface area is 212 Å². The summed E-state index contributed by atoms with van der Waals surface area (Å²) in [6, 6.07) is 12.1. The lowest BCUT2D eigenvalue weighted by Crippen LogP contribution is -2.33. The number of halogens is 1. The van der Waals surface area contributed by atoms with E-state index in [4.69, 9.17) is 16.1 Å². The van der Waals surface area contributed by atoms with Crippen molar-refractivity contribution in [1.29, 1.82) is 5.26 Å². The molecule has 0 saturated carbocycles. The number of carbonyl (C=O) groups is 1. The molecule has 36 heavy (non-hydrogen) atoms. The summed E-state index contributed by atoms with van der Waals surface area (Å²) in [5.41, 5.74) is 2.30. The van der Waals surface area contributed by atoms with Gasteiger partial charge in [-0.05, 0) is 47.9 Å². The van der Waals surface area contributed by atoms with Crippen LogP contribution in [0.5, 0.6) is 0 Å². The number of aromatic nitrogens is 3. The first kappa shape index (κ1) is 25.4. The second-order valence-corrected chi connectivity index (χ2v) is 11.4. The van der Waals surface area contributed by atoms with Crippen LogP contribution in [0.2, 0.25) is 5.02 Å². The highest BCUT2D eigenvalue weighted by Crippen LogP contribution is 2.47. The average Bonchev–Trinajstić information content (AvgIpc) is 3.25. The molecular weight excluding hydrogens is 501 g/mol. The first-order valence-corrected chi connectivity index (χ1v) is 13.0. The Kier molecular flexibility index (Phi) is 7.14. The second-order valence-electron chi connectivity index (χ2n) is 8.51. The van der Waals surface area contributed by atoms with Gasteiger partial charge in [0, 0.05) is 28.3 Å². The summed E-state index contributed by atoms with van der Waals surface area (Å²) in [5, 5.41) is 23.3. The van der Waals surface area contributed by atoms with Crippen molar-refractivity contribution in [2.24, 2.45) is 0 Å². The molecule has 3 N–H and O–H groups in total. The van der Waals surface area contributed by atoms with Gasteiger partial charge in [0.15, 0.2) is 0 Å². The highest BCUT2D eigenvalue weighted by molar-refractivity contribution is 7.75. The lowest BCUT2D eigenvalue weighted by molar-refractivity contribution is -0.907. The number of nitrogens with zero attached hydrogens (tertiary/aromatic N) is 3. The van der Waals surface area contributed by atoms with Crippen molar-refractivity contribution in [3.8, 4) is 6.07 Å². The number of nitriles is 1. The molecule has 0 aliphatic carbocycles. The quantitative estimate of drug-likeness (QED) is 0.192. The highest BCUT2D eigenvalue weighted by Gasteiger charge is 2.36.